The molecule has 28 heavy (non-hydrogen) atoms. The Kier molecular flexibility index (Phi) is 5.22. The third-order valence-corrected chi connectivity index (χ3v) is 8.44. The Hall–Kier alpha value is -1.87. The summed E-state index contributed by atoms with van der Waals surface area (Å²) in [5.41, 5.74) is 2.88. The first-order valence-electron chi connectivity index (χ1n) is 8.84. The van der Waals surface area contributed by atoms with Crippen molar-refractivity contribution in [2.24, 2.45) is 0 Å². The van der Waals surface area contributed by atoms with Gasteiger partial charge in [0.25, 0.3) is 10.0 Å². The lowest BCUT2D eigenvalue weighted by atomic mass is 10.1. The molecule has 3 aromatic rings. The number of aryl methyl sites for hydroxylation is 1. The standard InChI is InChI=1S/C19H20ClN3O3S2/c1-13-11-17(15-12-14(26-2)3-4-16(15)21-13)22-7-9-23(10-8-22)28(24,25)19-6-5-18(20)27-19/h3-6,11-12H,7-10H2,1-2H3. The van der Waals surface area contributed by atoms with Crippen LogP contribution in [0.1, 0.15) is 5.69 Å². The number of benzene rings is 1. The molecule has 3 heterocycles. The average Bonchev–Trinajstić information content (AvgIpc) is 3.14. The van der Waals surface area contributed by atoms with Crippen LogP contribution in [-0.2, 0) is 10.0 Å². The largest absolute Gasteiger partial charge is 0.497 e. The van der Waals surface area contributed by atoms with Crippen molar-refractivity contribution in [1.29, 1.82) is 0 Å². The van der Waals surface area contributed by atoms with Crippen molar-refractivity contribution in [3.63, 3.8) is 0 Å². The van der Waals surface area contributed by atoms with Crippen LogP contribution in [0.2, 0.25) is 4.34 Å². The highest BCUT2D eigenvalue weighted by Gasteiger charge is 2.30. The number of piperazine rings is 1. The second-order valence-electron chi connectivity index (χ2n) is 6.62. The van der Waals surface area contributed by atoms with Gasteiger partial charge in [-0.15, -0.1) is 11.3 Å². The molecule has 0 unspecified atom stereocenters. The van der Waals surface area contributed by atoms with Crippen molar-refractivity contribution in [1.82, 2.24) is 9.29 Å². The van der Waals surface area contributed by atoms with Gasteiger partial charge < -0.3 is 9.64 Å². The van der Waals surface area contributed by atoms with Crippen LogP contribution in [0.25, 0.3) is 10.9 Å². The zero-order valence-corrected chi connectivity index (χ0v) is 17.9. The Labute approximate surface area is 173 Å². The summed E-state index contributed by atoms with van der Waals surface area (Å²) in [5.74, 6) is 0.773. The topological polar surface area (TPSA) is 62.7 Å². The zero-order valence-electron chi connectivity index (χ0n) is 15.6. The molecule has 2 aromatic heterocycles. The Morgan fingerprint density at radius 3 is 2.50 bits per heavy atom. The number of rotatable bonds is 4. The smallest absolute Gasteiger partial charge is 0.252 e. The summed E-state index contributed by atoms with van der Waals surface area (Å²) in [5, 5.41) is 1.01. The molecule has 148 valence electrons. The molecule has 6 nitrogen and oxygen atoms in total. The molecule has 0 aliphatic carbocycles. The minimum atomic E-state index is -3.50. The van der Waals surface area contributed by atoms with E-state index in [0.29, 0.717) is 34.7 Å². The van der Waals surface area contributed by atoms with Crippen LogP contribution in [0.15, 0.2) is 40.6 Å². The average molecular weight is 438 g/mol. The fourth-order valence-electron chi connectivity index (χ4n) is 3.44. The van der Waals surface area contributed by atoms with Gasteiger partial charge >= 0.3 is 0 Å². The number of sulfonamides is 1. The molecule has 0 radical (unpaired) electrons. The second-order valence-corrected chi connectivity index (χ2v) is 10.5. The molecular formula is C19H20ClN3O3S2. The normalized spacial score (nSPS) is 15.9. The van der Waals surface area contributed by atoms with Gasteiger partial charge in [0.1, 0.15) is 9.96 Å². The maximum Gasteiger partial charge on any atom is 0.252 e. The molecule has 1 aliphatic heterocycles. The molecule has 0 amide bonds. The number of hydrogen-bond donors (Lipinski definition) is 0. The van der Waals surface area contributed by atoms with Gasteiger partial charge in [-0.2, -0.15) is 4.31 Å². The van der Waals surface area contributed by atoms with Crippen molar-refractivity contribution in [3.05, 3.63) is 46.4 Å². The third-order valence-electron chi connectivity index (χ3n) is 4.84. The molecule has 1 aliphatic rings. The number of pyridine rings is 1. The van der Waals surface area contributed by atoms with Gasteiger partial charge in [0.05, 0.1) is 17.0 Å². The van der Waals surface area contributed by atoms with E-state index in [1.165, 1.54) is 4.31 Å². The van der Waals surface area contributed by atoms with Gasteiger partial charge in [-0.25, -0.2) is 8.42 Å². The molecule has 0 N–H and O–H groups in total. The van der Waals surface area contributed by atoms with Gasteiger partial charge in [-0.05, 0) is 43.3 Å². The Balaban J connectivity index is 1.60. The number of methoxy groups -OCH3 is 1. The first-order valence-corrected chi connectivity index (χ1v) is 11.5. The zero-order chi connectivity index (χ0) is 19.9. The summed E-state index contributed by atoms with van der Waals surface area (Å²) in [6.45, 7) is 4.02. The van der Waals surface area contributed by atoms with Crippen LogP contribution in [0.3, 0.4) is 0 Å². The molecule has 0 spiro atoms. The molecule has 0 saturated carbocycles. The van der Waals surface area contributed by atoms with Crippen LogP contribution >= 0.6 is 22.9 Å². The second kappa shape index (κ2) is 7.51. The Bertz CT molecular complexity index is 1120. The minimum Gasteiger partial charge on any atom is -0.497 e. The van der Waals surface area contributed by atoms with Crippen LogP contribution in [0, 0.1) is 6.92 Å². The van der Waals surface area contributed by atoms with Crippen LogP contribution in [-0.4, -0.2) is 51.0 Å². The molecule has 1 aromatic carbocycles. The van der Waals surface area contributed by atoms with E-state index in [-0.39, 0.29) is 0 Å². The maximum atomic E-state index is 12.8. The number of fused-ring (bicyclic) bond motifs is 1. The van der Waals surface area contributed by atoms with Crippen molar-refractivity contribution < 1.29 is 13.2 Å². The predicted octanol–water partition coefficient (Wildman–Crippen LogP) is 3.78. The molecule has 1 saturated heterocycles. The number of halogens is 1. The van der Waals surface area contributed by atoms with E-state index in [9.17, 15) is 8.42 Å². The van der Waals surface area contributed by atoms with Gasteiger partial charge in [-0.3, -0.25) is 4.98 Å². The highest BCUT2D eigenvalue weighted by Crippen LogP contribution is 2.32. The Morgan fingerprint density at radius 2 is 1.86 bits per heavy atom. The SMILES string of the molecule is COc1ccc2nc(C)cc(N3CCN(S(=O)(=O)c4ccc(Cl)s4)CC3)c2c1. The van der Waals surface area contributed by atoms with Crippen LogP contribution in [0.4, 0.5) is 5.69 Å². The fraction of sp³-hybridized carbons (Fsp3) is 0.316. The quantitative estimate of drug-likeness (QED) is 0.621. The molecule has 0 atom stereocenters. The van der Waals surface area contributed by atoms with Gasteiger partial charge in [0.15, 0.2) is 0 Å². The number of thiophene rings is 1. The lowest BCUT2D eigenvalue weighted by molar-refractivity contribution is 0.386. The highest BCUT2D eigenvalue weighted by molar-refractivity contribution is 7.91. The first-order chi connectivity index (χ1) is 13.4. The molecule has 4 rings (SSSR count). The van der Waals surface area contributed by atoms with Crippen molar-refractivity contribution in [2.75, 3.05) is 38.2 Å². The lowest BCUT2D eigenvalue weighted by Crippen LogP contribution is -2.48. The minimum absolute atomic E-state index is 0.292. The summed E-state index contributed by atoms with van der Waals surface area (Å²) in [7, 11) is -1.86. The monoisotopic (exact) mass is 437 g/mol. The summed E-state index contributed by atoms with van der Waals surface area (Å²) < 4.78 is 33.3. The number of ether oxygens (including phenoxy) is 1. The van der Waals surface area contributed by atoms with Crippen LogP contribution < -0.4 is 9.64 Å². The Morgan fingerprint density at radius 1 is 1.11 bits per heavy atom. The van der Waals surface area contributed by atoms with Crippen molar-refractivity contribution in [3.8, 4) is 5.75 Å². The van der Waals surface area contributed by atoms with Gasteiger partial charge in [0, 0.05) is 42.9 Å². The molecule has 1 fully saturated rings. The summed E-state index contributed by atoms with van der Waals surface area (Å²) in [6.07, 6.45) is 0. The molecule has 9 heteroatoms. The predicted molar refractivity (Wildman–Crippen MR) is 113 cm³/mol. The van der Waals surface area contributed by atoms with E-state index < -0.39 is 10.0 Å². The van der Waals surface area contributed by atoms with E-state index in [4.69, 9.17) is 16.3 Å². The van der Waals surface area contributed by atoms with Crippen molar-refractivity contribution in [2.45, 2.75) is 11.1 Å². The number of hydrogen-bond acceptors (Lipinski definition) is 6. The van der Waals surface area contributed by atoms with E-state index in [1.54, 1.807) is 19.2 Å². The fourth-order valence-corrected chi connectivity index (χ4v) is 6.50. The van der Waals surface area contributed by atoms with Gasteiger partial charge in [0.2, 0.25) is 0 Å². The first kappa shape index (κ1) is 19.4. The maximum absolute atomic E-state index is 12.8. The summed E-state index contributed by atoms with van der Waals surface area (Å²) in [6, 6.07) is 11.1. The van der Waals surface area contributed by atoms with E-state index in [1.807, 2.05) is 31.2 Å². The number of aromatic nitrogens is 1. The van der Waals surface area contributed by atoms with E-state index in [2.05, 4.69) is 9.88 Å². The summed E-state index contributed by atoms with van der Waals surface area (Å²) >= 11 is 7.01. The number of anilines is 1. The third kappa shape index (κ3) is 3.57. The summed E-state index contributed by atoms with van der Waals surface area (Å²) in [4.78, 5) is 6.82. The van der Waals surface area contributed by atoms with Gasteiger partial charge in [-0.1, -0.05) is 11.6 Å². The number of nitrogens with zero attached hydrogens (tertiary/aromatic N) is 3. The van der Waals surface area contributed by atoms with E-state index in [0.717, 1.165) is 39.4 Å². The molecular weight excluding hydrogens is 418 g/mol. The molecule has 0 bridgehead atoms. The highest BCUT2D eigenvalue weighted by atomic mass is 35.5. The van der Waals surface area contributed by atoms with Crippen molar-refractivity contribution >= 4 is 49.6 Å². The van der Waals surface area contributed by atoms with Crippen LogP contribution in [0.5, 0.6) is 5.75 Å². The van der Waals surface area contributed by atoms with E-state index >= 15 is 0 Å². The lowest BCUT2D eigenvalue weighted by Gasteiger charge is -2.35.